The normalized spacial score (nSPS) is 12.1. The summed E-state index contributed by atoms with van der Waals surface area (Å²) in [6.07, 6.45) is 8.12. The lowest BCUT2D eigenvalue weighted by atomic mass is 10.1. The molecule has 0 saturated carbocycles. The highest BCUT2D eigenvalue weighted by molar-refractivity contribution is 5.78. The molecule has 0 saturated heterocycles. The second-order valence-electron chi connectivity index (χ2n) is 5.76. The second kappa shape index (κ2) is 8.37. The number of nitrogens with one attached hydrogen (secondary N) is 1. The van der Waals surface area contributed by atoms with Crippen molar-refractivity contribution in [1.29, 1.82) is 0 Å². The number of imidazole rings is 1. The van der Waals surface area contributed by atoms with E-state index in [0.717, 1.165) is 32.5 Å². The minimum absolute atomic E-state index is 0.111. The van der Waals surface area contributed by atoms with Gasteiger partial charge in [0.25, 0.3) is 0 Å². The highest BCUT2D eigenvalue weighted by Gasteiger charge is 2.09. The van der Waals surface area contributed by atoms with Crippen molar-refractivity contribution in [2.75, 3.05) is 6.54 Å². The Bertz CT molecular complexity index is 577. The third kappa shape index (κ3) is 5.02. The van der Waals surface area contributed by atoms with Crippen molar-refractivity contribution in [2.45, 2.75) is 39.8 Å². The summed E-state index contributed by atoms with van der Waals surface area (Å²) in [4.78, 5) is 11.7. The molecule has 22 heavy (non-hydrogen) atoms. The summed E-state index contributed by atoms with van der Waals surface area (Å²) in [6.45, 7) is 6.55. The topological polar surface area (TPSA) is 37.9 Å². The Labute approximate surface area is 132 Å². The predicted octanol–water partition coefficient (Wildman–Crippen LogP) is 2.38. The van der Waals surface area contributed by atoms with E-state index in [1.807, 2.05) is 19.9 Å². The fourth-order valence-electron chi connectivity index (χ4n) is 2.29. The van der Waals surface area contributed by atoms with E-state index in [9.17, 15) is 4.79 Å². The van der Waals surface area contributed by atoms with Crippen LogP contribution in [0.4, 0.5) is 0 Å². The molecule has 2 rings (SSSR count). The number of nitrogens with zero attached hydrogens (tertiary/aromatic N) is 2. The number of amides is 1. The van der Waals surface area contributed by atoms with Crippen LogP contribution < -0.4 is 9.88 Å². The zero-order valence-electron chi connectivity index (χ0n) is 13.5. The van der Waals surface area contributed by atoms with Crippen LogP contribution in [0.25, 0.3) is 0 Å². The maximum Gasteiger partial charge on any atom is 0.244 e. The first-order chi connectivity index (χ1) is 10.7. The monoisotopic (exact) mass is 300 g/mol. The van der Waals surface area contributed by atoms with Crippen LogP contribution in [-0.2, 0) is 17.9 Å². The van der Waals surface area contributed by atoms with Crippen LogP contribution in [0.5, 0.6) is 0 Å². The number of rotatable bonds is 8. The number of aromatic nitrogens is 2. The van der Waals surface area contributed by atoms with E-state index in [-0.39, 0.29) is 11.8 Å². The first-order valence-electron chi connectivity index (χ1n) is 8.05. The Balaban J connectivity index is 1.72. The van der Waals surface area contributed by atoms with Crippen molar-refractivity contribution >= 4 is 5.91 Å². The number of hydrogen-bond donors (Lipinski definition) is 1. The molecule has 0 aliphatic carbocycles. The molecule has 4 heteroatoms. The zero-order chi connectivity index (χ0) is 15.8. The highest BCUT2D eigenvalue weighted by Crippen LogP contribution is 2.00. The largest absolute Gasteiger partial charge is 0.356 e. The average molecular weight is 300 g/mol. The van der Waals surface area contributed by atoms with E-state index < -0.39 is 0 Å². The standard InChI is InChI=1S/C18H25N3O/c1-3-16(2)18(22)19-10-7-11-20-12-13-21(15-20)14-17-8-5-4-6-9-17/h4-6,8-9,12-13,15-16H,3,7,10-11,14H2,1-2H3/p+1. The molecular weight excluding hydrogens is 274 g/mol. The van der Waals surface area contributed by atoms with Crippen LogP contribution in [0, 0.1) is 5.92 Å². The first kappa shape index (κ1) is 16.3. The van der Waals surface area contributed by atoms with E-state index in [2.05, 4.69) is 57.4 Å². The Kier molecular flexibility index (Phi) is 6.19. The quantitative estimate of drug-likeness (QED) is 0.590. The first-order valence-corrected chi connectivity index (χ1v) is 8.05. The molecule has 0 radical (unpaired) electrons. The molecule has 1 aromatic heterocycles. The lowest BCUT2D eigenvalue weighted by Gasteiger charge is -2.08. The molecule has 0 spiro atoms. The molecule has 1 unspecified atom stereocenters. The third-order valence-electron chi connectivity index (χ3n) is 3.91. The SMILES string of the molecule is CCC(C)C(=O)NCCCn1cc[n+](Cc2ccccc2)c1. The van der Waals surface area contributed by atoms with Gasteiger partial charge in [0.1, 0.15) is 18.9 Å². The Morgan fingerprint density at radius 1 is 1.32 bits per heavy atom. The number of hydrogen-bond acceptors (Lipinski definition) is 1. The van der Waals surface area contributed by atoms with Gasteiger partial charge in [-0.25, -0.2) is 9.13 Å². The Morgan fingerprint density at radius 2 is 2.09 bits per heavy atom. The number of benzene rings is 1. The van der Waals surface area contributed by atoms with Gasteiger partial charge in [-0.3, -0.25) is 4.79 Å². The summed E-state index contributed by atoms with van der Waals surface area (Å²) in [7, 11) is 0. The maximum absolute atomic E-state index is 11.7. The fraction of sp³-hybridized carbons (Fsp3) is 0.444. The number of aryl methyl sites for hydroxylation is 1. The summed E-state index contributed by atoms with van der Waals surface area (Å²) in [6, 6.07) is 10.4. The number of carbonyl (C=O) groups excluding carboxylic acids is 1. The highest BCUT2D eigenvalue weighted by atomic mass is 16.1. The van der Waals surface area contributed by atoms with Gasteiger partial charge < -0.3 is 5.32 Å². The molecule has 0 aliphatic rings. The van der Waals surface area contributed by atoms with Crippen molar-refractivity contribution < 1.29 is 9.36 Å². The zero-order valence-corrected chi connectivity index (χ0v) is 13.5. The van der Waals surface area contributed by atoms with Gasteiger partial charge in [-0.15, -0.1) is 0 Å². The molecule has 1 amide bonds. The molecular formula is C18H26N3O+. The van der Waals surface area contributed by atoms with Crippen LogP contribution in [0.15, 0.2) is 49.1 Å². The molecule has 0 aliphatic heterocycles. The number of carbonyl (C=O) groups is 1. The third-order valence-corrected chi connectivity index (χ3v) is 3.91. The summed E-state index contributed by atoms with van der Waals surface area (Å²) < 4.78 is 4.34. The molecule has 1 heterocycles. The average Bonchev–Trinajstić information content (AvgIpc) is 2.99. The van der Waals surface area contributed by atoms with Crippen molar-refractivity contribution in [3.63, 3.8) is 0 Å². The molecule has 118 valence electrons. The smallest absolute Gasteiger partial charge is 0.244 e. The van der Waals surface area contributed by atoms with E-state index >= 15 is 0 Å². The fourth-order valence-corrected chi connectivity index (χ4v) is 2.29. The summed E-state index contributed by atoms with van der Waals surface area (Å²) in [5.41, 5.74) is 1.30. The van der Waals surface area contributed by atoms with Crippen LogP contribution >= 0.6 is 0 Å². The summed E-state index contributed by atoms with van der Waals surface area (Å²) >= 11 is 0. The van der Waals surface area contributed by atoms with Gasteiger partial charge in [0.05, 0.1) is 6.54 Å². The molecule has 1 aromatic carbocycles. The molecule has 1 N–H and O–H groups in total. The molecule has 4 nitrogen and oxygen atoms in total. The van der Waals surface area contributed by atoms with Gasteiger partial charge in [-0.1, -0.05) is 44.2 Å². The van der Waals surface area contributed by atoms with E-state index in [0.29, 0.717) is 0 Å². The molecule has 2 aromatic rings. The van der Waals surface area contributed by atoms with E-state index in [1.54, 1.807) is 0 Å². The van der Waals surface area contributed by atoms with Crippen LogP contribution in [0.3, 0.4) is 0 Å². The van der Waals surface area contributed by atoms with Gasteiger partial charge >= 0.3 is 0 Å². The molecule has 0 bridgehead atoms. The lowest BCUT2D eigenvalue weighted by Crippen LogP contribution is -2.32. The Morgan fingerprint density at radius 3 is 2.82 bits per heavy atom. The second-order valence-corrected chi connectivity index (χ2v) is 5.76. The van der Waals surface area contributed by atoms with Gasteiger partial charge in [-0.05, 0) is 12.0 Å². The van der Waals surface area contributed by atoms with Crippen LogP contribution in [0.1, 0.15) is 32.3 Å². The van der Waals surface area contributed by atoms with Crippen LogP contribution in [-0.4, -0.2) is 17.0 Å². The van der Waals surface area contributed by atoms with Gasteiger partial charge in [-0.2, -0.15) is 0 Å². The maximum atomic E-state index is 11.7. The summed E-state index contributed by atoms with van der Waals surface area (Å²) in [5.74, 6) is 0.272. The Hall–Kier alpha value is -2.10. The lowest BCUT2D eigenvalue weighted by molar-refractivity contribution is -0.687. The van der Waals surface area contributed by atoms with Gasteiger partial charge in [0.2, 0.25) is 12.2 Å². The van der Waals surface area contributed by atoms with Crippen molar-refractivity contribution in [1.82, 2.24) is 9.88 Å². The molecule has 1 atom stereocenters. The van der Waals surface area contributed by atoms with E-state index in [1.165, 1.54) is 5.56 Å². The van der Waals surface area contributed by atoms with E-state index in [4.69, 9.17) is 0 Å². The van der Waals surface area contributed by atoms with Crippen molar-refractivity contribution in [3.8, 4) is 0 Å². The van der Waals surface area contributed by atoms with Crippen LogP contribution in [0.2, 0.25) is 0 Å². The molecule has 0 fully saturated rings. The minimum Gasteiger partial charge on any atom is -0.356 e. The van der Waals surface area contributed by atoms with Crippen molar-refractivity contribution in [2.24, 2.45) is 5.92 Å². The minimum atomic E-state index is 0.111. The van der Waals surface area contributed by atoms with Gasteiger partial charge in [0.15, 0.2) is 0 Å². The summed E-state index contributed by atoms with van der Waals surface area (Å²) in [5, 5.41) is 2.99. The van der Waals surface area contributed by atoms with Gasteiger partial charge in [0, 0.05) is 18.9 Å². The predicted molar refractivity (Wildman–Crippen MR) is 87.3 cm³/mol. The van der Waals surface area contributed by atoms with Crippen molar-refractivity contribution in [3.05, 3.63) is 54.6 Å².